The minimum Gasteiger partial charge on any atom is -0.381 e. The van der Waals surface area contributed by atoms with Crippen LogP contribution in [0.1, 0.15) is 24.0 Å². The van der Waals surface area contributed by atoms with E-state index in [0.717, 1.165) is 5.56 Å². The van der Waals surface area contributed by atoms with Gasteiger partial charge in [0.05, 0.1) is 11.6 Å². The Labute approximate surface area is 129 Å². The van der Waals surface area contributed by atoms with Gasteiger partial charge in [-0.2, -0.15) is 0 Å². The molecule has 1 aromatic carbocycles. The second-order valence-corrected chi connectivity index (χ2v) is 5.61. The standard InChI is InChI=1S/C17H19N3O2/c1-13-2-4-14(5-3-13)17(6-10-22-11-7-17)16(21)20-15-12-18-8-9-19-15/h2-5,8-9,12H,6-7,10-11H2,1H3,(H,19,20,21). The van der Waals surface area contributed by atoms with E-state index in [2.05, 4.69) is 15.3 Å². The molecule has 3 rings (SSSR count). The molecule has 1 aromatic heterocycles. The third kappa shape index (κ3) is 2.85. The number of nitrogens with one attached hydrogen (secondary N) is 1. The number of ether oxygens (including phenoxy) is 1. The number of benzene rings is 1. The Morgan fingerprint density at radius 3 is 2.55 bits per heavy atom. The molecular weight excluding hydrogens is 278 g/mol. The van der Waals surface area contributed by atoms with Crippen molar-refractivity contribution < 1.29 is 9.53 Å². The summed E-state index contributed by atoms with van der Waals surface area (Å²) in [6.45, 7) is 3.21. The van der Waals surface area contributed by atoms with Gasteiger partial charge in [0.25, 0.3) is 0 Å². The van der Waals surface area contributed by atoms with Crippen molar-refractivity contribution in [1.82, 2.24) is 9.97 Å². The van der Waals surface area contributed by atoms with Gasteiger partial charge in [-0.3, -0.25) is 9.78 Å². The highest BCUT2D eigenvalue weighted by molar-refractivity contribution is 5.98. The summed E-state index contributed by atoms with van der Waals surface area (Å²) in [6, 6.07) is 8.16. The van der Waals surface area contributed by atoms with E-state index in [9.17, 15) is 4.79 Å². The number of amides is 1. The molecule has 1 saturated heterocycles. The van der Waals surface area contributed by atoms with Crippen molar-refractivity contribution in [3.8, 4) is 0 Å². The third-order valence-corrected chi connectivity index (χ3v) is 4.19. The van der Waals surface area contributed by atoms with Gasteiger partial charge in [0.15, 0.2) is 5.82 Å². The van der Waals surface area contributed by atoms with E-state index in [1.807, 2.05) is 31.2 Å². The predicted molar refractivity (Wildman–Crippen MR) is 83.6 cm³/mol. The molecule has 1 amide bonds. The lowest BCUT2D eigenvalue weighted by atomic mass is 9.73. The smallest absolute Gasteiger partial charge is 0.236 e. The van der Waals surface area contributed by atoms with E-state index in [0.29, 0.717) is 31.9 Å². The van der Waals surface area contributed by atoms with Gasteiger partial charge in [0.2, 0.25) is 5.91 Å². The monoisotopic (exact) mass is 297 g/mol. The van der Waals surface area contributed by atoms with E-state index in [1.165, 1.54) is 5.56 Å². The van der Waals surface area contributed by atoms with Crippen LogP contribution in [0.5, 0.6) is 0 Å². The van der Waals surface area contributed by atoms with Crippen molar-refractivity contribution in [3.05, 3.63) is 54.0 Å². The van der Waals surface area contributed by atoms with Gasteiger partial charge in [-0.25, -0.2) is 4.98 Å². The molecule has 5 nitrogen and oxygen atoms in total. The zero-order chi connectivity index (χ0) is 15.4. The molecular formula is C17H19N3O2. The fraction of sp³-hybridized carbons (Fsp3) is 0.353. The number of nitrogens with zero attached hydrogens (tertiary/aromatic N) is 2. The van der Waals surface area contributed by atoms with E-state index >= 15 is 0 Å². The molecule has 1 fully saturated rings. The van der Waals surface area contributed by atoms with Gasteiger partial charge in [0.1, 0.15) is 0 Å². The Morgan fingerprint density at radius 2 is 1.91 bits per heavy atom. The number of rotatable bonds is 3. The van der Waals surface area contributed by atoms with Crippen molar-refractivity contribution >= 4 is 11.7 Å². The SMILES string of the molecule is Cc1ccc(C2(C(=O)Nc3cnccn3)CCOCC2)cc1. The first-order valence-corrected chi connectivity index (χ1v) is 7.43. The molecule has 1 aliphatic heterocycles. The van der Waals surface area contributed by atoms with Crippen molar-refractivity contribution in [1.29, 1.82) is 0 Å². The topological polar surface area (TPSA) is 64.1 Å². The second kappa shape index (κ2) is 6.23. The average molecular weight is 297 g/mol. The number of aromatic nitrogens is 2. The maximum atomic E-state index is 12.9. The second-order valence-electron chi connectivity index (χ2n) is 5.61. The normalized spacial score (nSPS) is 17.0. The van der Waals surface area contributed by atoms with E-state index in [1.54, 1.807) is 18.6 Å². The fourth-order valence-corrected chi connectivity index (χ4v) is 2.84. The van der Waals surface area contributed by atoms with Gasteiger partial charge in [-0.05, 0) is 25.3 Å². The van der Waals surface area contributed by atoms with Crippen LogP contribution in [-0.4, -0.2) is 29.1 Å². The molecule has 2 aromatic rings. The molecule has 0 bridgehead atoms. The molecule has 2 heterocycles. The Kier molecular flexibility index (Phi) is 4.15. The van der Waals surface area contributed by atoms with Gasteiger partial charge in [0, 0.05) is 25.6 Å². The maximum absolute atomic E-state index is 12.9. The van der Waals surface area contributed by atoms with Crippen LogP contribution >= 0.6 is 0 Å². The summed E-state index contributed by atoms with van der Waals surface area (Å²) in [5, 5.41) is 2.90. The number of hydrogen-bond donors (Lipinski definition) is 1. The minimum absolute atomic E-state index is 0.0415. The molecule has 0 aliphatic carbocycles. The summed E-state index contributed by atoms with van der Waals surface area (Å²) in [6.07, 6.45) is 6.04. The third-order valence-electron chi connectivity index (χ3n) is 4.19. The summed E-state index contributed by atoms with van der Waals surface area (Å²) in [5.74, 6) is 0.436. The van der Waals surface area contributed by atoms with E-state index in [-0.39, 0.29) is 5.91 Å². The Bertz CT molecular complexity index is 635. The van der Waals surface area contributed by atoms with Crippen LogP contribution in [0.4, 0.5) is 5.82 Å². The zero-order valence-electron chi connectivity index (χ0n) is 12.6. The summed E-state index contributed by atoms with van der Waals surface area (Å²) in [7, 11) is 0. The number of carbonyl (C=O) groups excluding carboxylic acids is 1. The molecule has 114 valence electrons. The summed E-state index contributed by atoms with van der Waals surface area (Å²) >= 11 is 0. The van der Waals surface area contributed by atoms with Crippen molar-refractivity contribution in [2.24, 2.45) is 0 Å². The van der Waals surface area contributed by atoms with Crippen molar-refractivity contribution in [3.63, 3.8) is 0 Å². The number of aryl methyl sites for hydroxylation is 1. The van der Waals surface area contributed by atoms with Crippen molar-refractivity contribution in [2.45, 2.75) is 25.2 Å². The largest absolute Gasteiger partial charge is 0.381 e. The Morgan fingerprint density at radius 1 is 1.18 bits per heavy atom. The number of anilines is 1. The quantitative estimate of drug-likeness (QED) is 0.945. The molecule has 0 unspecified atom stereocenters. The predicted octanol–water partition coefficient (Wildman–Crippen LogP) is 2.47. The van der Waals surface area contributed by atoms with Crippen LogP contribution in [0.25, 0.3) is 0 Å². The molecule has 5 heteroatoms. The summed E-state index contributed by atoms with van der Waals surface area (Å²) < 4.78 is 5.46. The fourth-order valence-electron chi connectivity index (χ4n) is 2.84. The van der Waals surface area contributed by atoms with Crippen LogP contribution in [0.15, 0.2) is 42.9 Å². The molecule has 22 heavy (non-hydrogen) atoms. The zero-order valence-corrected chi connectivity index (χ0v) is 12.6. The summed E-state index contributed by atoms with van der Waals surface area (Å²) in [4.78, 5) is 21.1. The van der Waals surface area contributed by atoms with E-state index < -0.39 is 5.41 Å². The number of hydrogen-bond acceptors (Lipinski definition) is 4. The molecule has 1 N–H and O–H groups in total. The molecule has 0 atom stereocenters. The maximum Gasteiger partial charge on any atom is 0.236 e. The first-order valence-electron chi connectivity index (χ1n) is 7.43. The minimum atomic E-state index is -0.566. The Balaban J connectivity index is 1.91. The van der Waals surface area contributed by atoms with Gasteiger partial charge in [-0.1, -0.05) is 29.8 Å². The molecule has 1 aliphatic rings. The van der Waals surface area contributed by atoms with E-state index in [4.69, 9.17) is 4.74 Å². The molecule has 0 saturated carbocycles. The van der Waals surface area contributed by atoms with Gasteiger partial charge < -0.3 is 10.1 Å². The van der Waals surface area contributed by atoms with Gasteiger partial charge >= 0.3 is 0 Å². The Hall–Kier alpha value is -2.27. The van der Waals surface area contributed by atoms with Crippen LogP contribution in [-0.2, 0) is 14.9 Å². The first-order chi connectivity index (χ1) is 10.7. The molecule has 0 spiro atoms. The highest BCUT2D eigenvalue weighted by Gasteiger charge is 2.41. The lowest BCUT2D eigenvalue weighted by Crippen LogP contribution is -2.45. The first kappa shape index (κ1) is 14.7. The van der Waals surface area contributed by atoms with Crippen LogP contribution in [0, 0.1) is 6.92 Å². The molecule has 0 radical (unpaired) electrons. The number of carbonyl (C=O) groups is 1. The van der Waals surface area contributed by atoms with Gasteiger partial charge in [-0.15, -0.1) is 0 Å². The van der Waals surface area contributed by atoms with Crippen molar-refractivity contribution in [2.75, 3.05) is 18.5 Å². The summed E-state index contributed by atoms with van der Waals surface area (Å²) in [5.41, 5.74) is 1.65. The van der Waals surface area contributed by atoms with Crippen LogP contribution in [0.3, 0.4) is 0 Å². The van der Waals surface area contributed by atoms with Crippen LogP contribution < -0.4 is 5.32 Å². The van der Waals surface area contributed by atoms with Crippen LogP contribution in [0.2, 0.25) is 0 Å². The average Bonchev–Trinajstić information content (AvgIpc) is 2.57. The lowest BCUT2D eigenvalue weighted by Gasteiger charge is -2.36. The highest BCUT2D eigenvalue weighted by Crippen LogP contribution is 2.36. The highest BCUT2D eigenvalue weighted by atomic mass is 16.5. The lowest BCUT2D eigenvalue weighted by molar-refractivity contribution is -0.125.